The highest BCUT2D eigenvalue weighted by Crippen LogP contribution is 2.22. The minimum absolute atomic E-state index is 0.682. The second-order valence-corrected chi connectivity index (χ2v) is 5.64. The molecule has 3 aromatic rings. The molecule has 3 rings (SSSR count). The maximum Gasteiger partial charge on any atom is 0.0991 e. The lowest BCUT2D eigenvalue weighted by atomic mass is 10.1. The zero-order valence-electron chi connectivity index (χ0n) is 10.7. The lowest BCUT2D eigenvalue weighted by molar-refractivity contribution is 0.837. The van der Waals surface area contributed by atoms with Crippen LogP contribution in [-0.4, -0.2) is 4.57 Å². The summed E-state index contributed by atoms with van der Waals surface area (Å²) in [5, 5.41) is 10.0. The number of fused-ring (bicyclic) bond motifs is 1. The quantitative estimate of drug-likeness (QED) is 0.726. The van der Waals surface area contributed by atoms with Crippen molar-refractivity contribution in [3.8, 4) is 6.07 Å². The summed E-state index contributed by atoms with van der Waals surface area (Å²) >= 11 is 3.46. The second-order valence-electron chi connectivity index (χ2n) is 4.72. The molecule has 0 saturated heterocycles. The molecule has 98 valence electrons. The summed E-state index contributed by atoms with van der Waals surface area (Å²) in [5.74, 6) is 0. The van der Waals surface area contributed by atoms with Crippen LogP contribution in [0, 0.1) is 11.3 Å². The zero-order valence-corrected chi connectivity index (χ0v) is 12.3. The van der Waals surface area contributed by atoms with E-state index >= 15 is 0 Å². The molecule has 0 radical (unpaired) electrons. The highest BCUT2D eigenvalue weighted by Gasteiger charge is 2.04. The van der Waals surface area contributed by atoms with Crippen molar-refractivity contribution in [2.45, 2.75) is 6.54 Å². The molecule has 20 heavy (non-hydrogen) atoms. The lowest BCUT2D eigenvalue weighted by Gasteiger charge is -2.07. The van der Waals surface area contributed by atoms with E-state index in [4.69, 9.17) is 11.0 Å². The maximum atomic E-state index is 8.92. The van der Waals surface area contributed by atoms with Gasteiger partial charge >= 0.3 is 0 Å². The van der Waals surface area contributed by atoms with E-state index < -0.39 is 0 Å². The van der Waals surface area contributed by atoms with Crippen molar-refractivity contribution in [3.05, 3.63) is 64.3 Å². The Morgan fingerprint density at radius 1 is 1.15 bits per heavy atom. The molecule has 0 amide bonds. The Morgan fingerprint density at radius 3 is 2.75 bits per heavy atom. The van der Waals surface area contributed by atoms with Gasteiger partial charge in [-0.25, -0.2) is 0 Å². The summed E-state index contributed by atoms with van der Waals surface area (Å²) in [6.07, 6.45) is 2.03. The van der Waals surface area contributed by atoms with E-state index in [2.05, 4.69) is 32.6 Å². The first-order valence-corrected chi connectivity index (χ1v) is 6.99. The van der Waals surface area contributed by atoms with Gasteiger partial charge in [-0.2, -0.15) is 5.26 Å². The van der Waals surface area contributed by atoms with E-state index in [-0.39, 0.29) is 0 Å². The van der Waals surface area contributed by atoms with Crippen molar-refractivity contribution < 1.29 is 0 Å². The van der Waals surface area contributed by atoms with Crippen molar-refractivity contribution in [2.75, 3.05) is 5.73 Å². The van der Waals surface area contributed by atoms with Gasteiger partial charge in [-0.1, -0.05) is 15.9 Å². The summed E-state index contributed by atoms with van der Waals surface area (Å²) in [6, 6.07) is 15.8. The highest BCUT2D eigenvalue weighted by molar-refractivity contribution is 9.10. The van der Waals surface area contributed by atoms with Gasteiger partial charge in [0.05, 0.1) is 11.6 Å². The molecular formula is C16H12BrN3. The summed E-state index contributed by atoms with van der Waals surface area (Å²) < 4.78 is 3.13. The fourth-order valence-corrected chi connectivity index (χ4v) is 2.93. The molecule has 4 heteroatoms. The molecule has 0 unspecified atom stereocenters. The summed E-state index contributed by atoms with van der Waals surface area (Å²) in [4.78, 5) is 0. The van der Waals surface area contributed by atoms with E-state index in [0.717, 1.165) is 33.2 Å². The fourth-order valence-electron chi connectivity index (χ4n) is 2.37. The fraction of sp³-hybridized carbons (Fsp3) is 0.0625. The number of rotatable bonds is 2. The summed E-state index contributed by atoms with van der Waals surface area (Å²) in [5.41, 5.74) is 9.54. The third kappa shape index (κ3) is 2.40. The van der Waals surface area contributed by atoms with Gasteiger partial charge in [0.25, 0.3) is 0 Å². The molecule has 2 aromatic carbocycles. The second kappa shape index (κ2) is 5.03. The minimum atomic E-state index is 0.682. The molecule has 0 aliphatic heterocycles. The van der Waals surface area contributed by atoms with E-state index in [1.54, 1.807) is 0 Å². The van der Waals surface area contributed by atoms with Crippen LogP contribution < -0.4 is 5.73 Å². The van der Waals surface area contributed by atoms with Crippen molar-refractivity contribution >= 4 is 32.5 Å². The van der Waals surface area contributed by atoms with Crippen LogP contribution in [0.3, 0.4) is 0 Å². The molecule has 1 heterocycles. The van der Waals surface area contributed by atoms with Crippen LogP contribution in [0.25, 0.3) is 10.9 Å². The third-order valence-corrected chi connectivity index (χ3v) is 3.69. The number of hydrogen-bond donors (Lipinski definition) is 1. The Balaban J connectivity index is 2.01. The van der Waals surface area contributed by atoms with Crippen LogP contribution in [0.4, 0.5) is 5.69 Å². The molecule has 0 spiro atoms. The van der Waals surface area contributed by atoms with Gasteiger partial charge in [-0.15, -0.1) is 0 Å². The molecule has 0 saturated carbocycles. The molecule has 1 aromatic heterocycles. The lowest BCUT2D eigenvalue weighted by Crippen LogP contribution is -1.99. The van der Waals surface area contributed by atoms with Gasteiger partial charge in [-0.3, -0.25) is 0 Å². The first kappa shape index (κ1) is 12.8. The zero-order chi connectivity index (χ0) is 14.1. The number of aromatic nitrogens is 1. The smallest absolute Gasteiger partial charge is 0.0991 e. The van der Waals surface area contributed by atoms with E-state index in [0.29, 0.717) is 5.56 Å². The topological polar surface area (TPSA) is 54.7 Å². The predicted octanol–water partition coefficient (Wildman–Crippen LogP) is 3.91. The van der Waals surface area contributed by atoms with E-state index in [1.807, 2.05) is 42.6 Å². The number of nitrogens with two attached hydrogens (primary N) is 1. The third-order valence-electron chi connectivity index (χ3n) is 3.23. The van der Waals surface area contributed by atoms with Crippen LogP contribution >= 0.6 is 15.9 Å². The molecule has 0 atom stereocenters. The first-order valence-electron chi connectivity index (χ1n) is 6.19. The van der Waals surface area contributed by atoms with Gasteiger partial charge in [0.1, 0.15) is 0 Å². The molecule has 0 bridgehead atoms. The Bertz CT molecular complexity index is 807. The Morgan fingerprint density at radius 2 is 2.00 bits per heavy atom. The molecular weight excluding hydrogens is 314 g/mol. The number of nitriles is 1. The highest BCUT2D eigenvalue weighted by atomic mass is 79.9. The number of hydrogen-bond acceptors (Lipinski definition) is 2. The average Bonchev–Trinajstić information content (AvgIpc) is 2.80. The molecule has 0 fully saturated rings. The van der Waals surface area contributed by atoms with Gasteiger partial charge < -0.3 is 10.3 Å². The van der Waals surface area contributed by atoms with Crippen LogP contribution in [0.15, 0.2) is 53.1 Å². The van der Waals surface area contributed by atoms with Crippen LogP contribution in [-0.2, 0) is 6.54 Å². The van der Waals surface area contributed by atoms with Crippen LogP contribution in [0.5, 0.6) is 0 Å². The Labute approximate surface area is 125 Å². The number of nitrogen functional groups attached to an aromatic ring is 1. The Hall–Kier alpha value is -2.25. The molecule has 2 N–H and O–H groups in total. The number of anilines is 1. The number of halogens is 1. The van der Waals surface area contributed by atoms with E-state index in [9.17, 15) is 0 Å². The van der Waals surface area contributed by atoms with Crippen molar-refractivity contribution in [3.63, 3.8) is 0 Å². The Kier molecular flexibility index (Phi) is 3.21. The van der Waals surface area contributed by atoms with Crippen molar-refractivity contribution in [2.24, 2.45) is 0 Å². The van der Waals surface area contributed by atoms with Crippen molar-refractivity contribution in [1.29, 1.82) is 5.26 Å². The maximum absolute atomic E-state index is 8.92. The monoisotopic (exact) mass is 325 g/mol. The summed E-state index contributed by atoms with van der Waals surface area (Å²) in [6.45, 7) is 0.749. The standard InChI is InChI=1S/C16H12BrN3/c17-14-6-12(7-15(19)8-14)10-20-4-3-13-5-11(9-18)1-2-16(13)20/h1-8H,10,19H2. The van der Waals surface area contributed by atoms with Gasteiger partial charge in [0.2, 0.25) is 0 Å². The van der Waals surface area contributed by atoms with Gasteiger partial charge in [-0.05, 0) is 48.0 Å². The number of benzene rings is 2. The first-order chi connectivity index (χ1) is 9.65. The van der Waals surface area contributed by atoms with Crippen molar-refractivity contribution in [1.82, 2.24) is 4.57 Å². The normalized spacial score (nSPS) is 10.6. The molecule has 3 nitrogen and oxygen atoms in total. The predicted molar refractivity (Wildman–Crippen MR) is 84.3 cm³/mol. The van der Waals surface area contributed by atoms with E-state index in [1.165, 1.54) is 0 Å². The number of nitrogens with zero attached hydrogens (tertiary/aromatic N) is 2. The average molecular weight is 326 g/mol. The largest absolute Gasteiger partial charge is 0.399 e. The minimum Gasteiger partial charge on any atom is -0.399 e. The van der Waals surface area contributed by atoms with Crippen LogP contribution in [0.1, 0.15) is 11.1 Å². The molecule has 0 aliphatic rings. The van der Waals surface area contributed by atoms with Gasteiger partial charge in [0, 0.05) is 33.8 Å². The van der Waals surface area contributed by atoms with Crippen LogP contribution in [0.2, 0.25) is 0 Å². The van der Waals surface area contributed by atoms with Gasteiger partial charge in [0.15, 0.2) is 0 Å². The SMILES string of the molecule is N#Cc1ccc2c(ccn2Cc2cc(N)cc(Br)c2)c1. The molecule has 0 aliphatic carbocycles. The summed E-state index contributed by atoms with van der Waals surface area (Å²) in [7, 11) is 0.